The number of hydrogen-bond acceptors (Lipinski definition) is 1. The van der Waals surface area contributed by atoms with Crippen LogP contribution < -0.4 is 10.6 Å². The summed E-state index contributed by atoms with van der Waals surface area (Å²) < 4.78 is 81.7. The van der Waals surface area contributed by atoms with Gasteiger partial charge in [0.25, 0.3) is 0 Å². The molecular weight excluding hydrogens is 610 g/mol. The van der Waals surface area contributed by atoms with Crippen LogP contribution in [0.25, 0.3) is 0 Å². The first-order valence-corrected chi connectivity index (χ1v) is 18.7. The number of nitrogens with zero attached hydrogens (tertiary/aromatic N) is 1. The second-order valence-corrected chi connectivity index (χ2v) is 17.7. The second-order valence-electron chi connectivity index (χ2n) is 12.8. The Balaban J connectivity index is 1.72. The fourth-order valence-electron chi connectivity index (χ4n) is 7.17. The molecule has 2 unspecified atom stereocenters. The molecule has 3 aliphatic carbocycles. The topological polar surface area (TPSA) is 3.24 Å². The van der Waals surface area contributed by atoms with E-state index in [0.717, 1.165) is 34.9 Å². The molecule has 0 radical (unpaired) electrons. The van der Waals surface area contributed by atoms with Crippen molar-refractivity contribution in [3.63, 3.8) is 0 Å². The molecule has 5 rings (SSSR count). The molecule has 240 valence electrons. The molecule has 3 aliphatic rings. The molecule has 1 nitrogen and oxygen atoms in total. The van der Waals surface area contributed by atoms with Crippen LogP contribution in [0.3, 0.4) is 0 Å². The maximum atomic E-state index is 13.6. The Bertz CT molecular complexity index is 1230. The molecule has 2 atom stereocenters. The summed E-state index contributed by atoms with van der Waals surface area (Å²) in [4.78, 5) is 2.18. The van der Waals surface area contributed by atoms with Gasteiger partial charge in [0.15, 0.2) is 0 Å². The van der Waals surface area contributed by atoms with Gasteiger partial charge in [0.2, 0.25) is 0 Å². The predicted octanol–water partition coefficient (Wildman–Crippen LogP) is 10.7. The number of allylic oxidation sites excluding steroid dienone is 2. The number of hydrogen-bond donors (Lipinski definition) is 0. The molecule has 0 N–H and O–H groups in total. The number of rotatable bonds is 8. The van der Waals surface area contributed by atoms with E-state index in [1.165, 1.54) is 74.8 Å². The van der Waals surface area contributed by atoms with E-state index < -0.39 is 39.3 Å². The van der Waals surface area contributed by atoms with Gasteiger partial charge in [-0.15, -0.1) is 0 Å². The molecular formula is C35H43F6NP2. The molecule has 0 saturated heterocycles. The SMILES string of the molecule is CC(C1C=CC(P(C2CCCCC2)C2CCCCC2)=C1P(c1ccc(C(F)(F)F)cc1)c1ccc(C(F)(F)F)cc1)N(C)C. The lowest BCUT2D eigenvalue weighted by Crippen LogP contribution is -2.33. The highest BCUT2D eigenvalue weighted by molar-refractivity contribution is 7.78. The van der Waals surface area contributed by atoms with Crippen molar-refractivity contribution < 1.29 is 26.3 Å². The van der Waals surface area contributed by atoms with Gasteiger partial charge in [0, 0.05) is 12.0 Å². The molecule has 44 heavy (non-hydrogen) atoms. The maximum absolute atomic E-state index is 13.6. The van der Waals surface area contributed by atoms with Crippen molar-refractivity contribution in [3.8, 4) is 0 Å². The summed E-state index contributed by atoms with van der Waals surface area (Å²) in [5.74, 6) is 0.0212. The zero-order chi connectivity index (χ0) is 31.6. The molecule has 0 heterocycles. The first-order chi connectivity index (χ1) is 20.9. The van der Waals surface area contributed by atoms with E-state index in [0.29, 0.717) is 11.3 Å². The highest BCUT2D eigenvalue weighted by Crippen LogP contribution is 2.68. The zero-order valence-electron chi connectivity index (χ0n) is 25.8. The molecule has 0 bridgehead atoms. The van der Waals surface area contributed by atoms with Crippen molar-refractivity contribution >= 4 is 26.5 Å². The zero-order valence-corrected chi connectivity index (χ0v) is 27.6. The second kappa shape index (κ2) is 14.0. The van der Waals surface area contributed by atoms with Crippen LogP contribution in [-0.4, -0.2) is 36.4 Å². The summed E-state index contributed by atoms with van der Waals surface area (Å²) >= 11 is 0. The molecule has 0 aliphatic heterocycles. The highest BCUT2D eigenvalue weighted by Gasteiger charge is 2.41. The van der Waals surface area contributed by atoms with E-state index in [-0.39, 0.29) is 12.0 Å². The Hall–Kier alpha value is -1.68. The van der Waals surface area contributed by atoms with E-state index in [2.05, 4.69) is 24.0 Å². The van der Waals surface area contributed by atoms with E-state index in [9.17, 15) is 26.3 Å². The highest BCUT2D eigenvalue weighted by atomic mass is 31.1. The minimum atomic E-state index is -4.47. The summed E-state index contributed by atoms with van der Waals surface area (Å²) in [5, 5.41) is 4.12. The minimum Gasteiger partial charge on any atom is -0.306 e. The lowest BCUT2D eigenvalue weighted by atomic mass is 9.99. The van der Waals surface area contributed by atoms with Gasteiger partial charge < -0.3 is 4.90 Å². The largest absolute Gasteiger partial charge is 0.416 e. The average molecular weight is 654 g/mol. The standard InChI is InChI=1S/C35H43F6NP2/c1-24(42(2)3)31-22-23-32(43(27-10-6-4-7-11-27)28-12-8-5-9-13-28)33(31)44(29-18-14-25(15-19-29)34(36,37)38)30-20-16-26(17-21-30)35(39,40)41/h14-24,27-28,31H,4-13H2,1-3H3. The van der Waals surface area contributed by atoms with Gasteiger partial charge in [0.1, 0.15) is 0 Å². The summed E-state index contributed by atoms with van der Waals surface area (Å²) in [7, 11) is 2.15. The third kappa shape index (κ3) is 7.48. The molecule has 2 saturated carbocycles. The lowest BCUT2D eigenvalue weighted by molar-refractivity contribution is -0.138. The van der Waals surface area contributed by atoms with Gasteiger partial charge in [-0.25, -0.2) is 0 Å². The third-order valence-electron chi connectivity index (χ3n) is 9.73. The van der Waals surface area contributed by atoms with E-state index in [4.69, 9.17) is 0 Å². The van der Waals surface area contributed by atoms with E-state index in [1.807, 2.05) is 14.1 Å². The minimum absolute atomic E-state index is 0.0212. The molecule has 0 amide bonds. The normalized spacial score (nSPS) is 21.7. The maximum Gasteiger partial charge on any atom is 0.416 e. The molecule has 0 aromatic heterocycles. The van der Waals surface area contributed by atoms with Gasteiger partial charge in [-0.1, -0.05) is 82.9 Å². The molecule has 2 aromatic rings. The van der Waals surface area contributed by atoms with Crippen LogP contribution in [0.5, 0.6) is 0 Å². The van der Waals surface area contributed by atoms with Crippen molar-refractivity contribution in [2.75, 3.05) is 14.1 Å². The van der Waals surface area contributed by atoms with Crippen LogP contribution in [0.1, 0.15) is 82.3 Å². The van der Waals surface area contributed by atoms with Gasteiger partial charge in [-0.05, 0) is 111 Å². The predicted molar refractivity (Wildman–Crippen MR) is 173 cm³/mol. The van der Waals surface area contributed by atoms with Crippen LogP contribution in [0, 0.1) is 5.92 Å². The van der Waals surface area contributed by atoms with Crippen LogP contribution in [-0.2, 0) is 12.4 Å². The molecule has 2 fully saturated rings. The Kier molecular flexibility index (Phi) is 10.7. The van der Waals surface area contributed by atoms with Crippen molar-refractivity contribution in [2.24, 2.45) is 5.92 Å². The molecule has 0 spiro atoms. The molecule has 9 heteroatoms. The Labute approximate surface area is 260 Å². The van der Waals surface area contributed by atoms with Crippen molar-refractivity contribution in [2.45, 2.75) is 101 Å². The fraction of sp³-hybridized carbons (Fsp3) is 0.543. The van der Waals surface area contributed by atoms with Crippen LogP contribution in [0.2, 0.25) is 0 Å². The van der Waals surface area contributed by atoms with Crippen LogP contribution in [0.15, 0.2) is 71.3 Å². The lowest BCUT2D eigenvalue weighted by Gasteiger charge is -2.41. The quantitative estimate of drug-likeness (QED) is 0.202. The van der Waals surface area contributed by atoms with Gasteiger partial charge >= 0.3 is 12.4 Å². The first kappa shape index (κ1) is 33.7. The van der Waals surface area contributed by atoms with Crippen LogP contribution >= 0.6 is 15.8 Å². The fourth-order valence-corrected chi connectivity index (χ4v) is 14.4. The average Bonchev–Trinajstić information content (AvgIpc) is 3.41. The van der Waals surface area contributed by atoms with Crippen molar-refractivity contribution in [1.29, 1.82) is 0 Å². The van der Waals surface area contributed by atoms with E-state index in [1.54, 1.807) is 24.3 Å². The van der Waals surface area contributed by atoms with Crippen molar-refractivity contribution in [1.82, 2.24) is 4.90 Å². The summed E-state index contributed by atoms with van der Waals surface area (Å²) in [5.41, 5.74) is -0.205. The number of halogens is 6. The summed E-state index contributed by atoms with van der Waals surface area (Å²) in [6.07, 6.45) is 7.96. The first-order valence-electron chi connectivity index (χ1n) is 15.9. The van der Waals surface area contributed by atoms with Gasteiger partial charge in [0.05, 0.1) is 11.1 Å². The molecule has 2 aromatic carbocycles. The number of benzene rings is 2. The van der Waals surface area contributed by atoms with Gasteiger partial charge in [-0.2, -0.15) is 26.3 Å². The van der Waals surface area contributed by atoms with Crippen molar-refractivity contribution in [3.05, 3.63) is 82.4 Å². The Morgan fingerprint density at radius 2 is 1.07 bits per heavy atom. The van der Waals surface area contributed by atoms with Crippen LogP contribution in [0.4, 0.5) is 26.3 Å². The van der Waals surface area contributed by atoms with E-state index >= 15 is 0 Å². The third-order valence-corrected chi connectivity index (χ3v) is 16.1. The number of alkyl halides is 6. The summed E-state index contributed by atoms with van der Waals surface area (Å²) in [6, 6.07) is 10.9. The monoisotopic (exact) mass is 653 g/mol. The Morgan fingerprint density at radius 3 is 1.43 bits per heavy atom. The van der Waals surface area contributed by atoms with Gasteiger partial charge in [-0.3, -0.25) is 0 Å². The smallest absolute Gasteiger partial charge is 0.306 e. The Morgan fingerprint density at radius 1 is 0.659 bits per heavy atom. The summed E-state index contributed by atoms with van der Waals surface area (Å²) in [6.45, 7) is 2.18.